The minimum atomic E-state index is -1.00. The van der Waals surface area contributed by atoms with Crippen LogP contribution in [-0.4, -0.2) is 71.0 Å². The lowest BCUT2D eigenvalue weighted by molar-refractivity contribution is -0.142. The molecule has 0 saturated carbocycles. The lowest BCUT2D eigenvalue weighted by atomic mass is 9.84. The Kier molecular flexibility index (Phi) is 9.08. The van der Waals surface area contributed by atoms with E-state index in [0.717, 1.165) is 19.3 Å². The van der Waals surface area contributed by atoms with Gasteiger partial charge in [0.05, 0.1) is 12.1 Å². The number of carbonyl (C=O) groups excluding carboxylic acids is 2. The van der Waals surface area contributed by atoms with Gasteiger partial charge in [-0.05, 0) is 51.5 Å². The normalized spacial score (nSPS) is 23.1. The van der Waals surface area contributed by atoms with Gasteiger partial charge in [-0.3, -0.25) is 14.5 Å². The van der Waals surface area contributed by atoms with Crippen molar-refractivity contribution in [3.05, 3.63) is 11.6 Å². The van der Waals surface area contributed by atoms with Gasteiger partial charge >= 0.3 is 5.97 Å². The summed E-state index contributed by atoms with van der Waals surface area (Å²) in [4.78, 5) is 41.5. The SMILES string of the molecule is C/C(=C\[C@H](C(C)C)N(C)C(=O)[C@@H](NC(=O)C1CCCC(C)N1C)C(C)(C)C)C(=O)O. The van der Waals surface area contributed by atoms with Crippen LogP contribution in [0.1, 0.15) is 67.7 Å². The van der Waals surface area contributed by atoms with Crippen LogP contribution in [-0.2, 0) is 14.4 Å². The first kappa shape index (κ1) is 26.1. The predicted octanol–water partition coefficient (Wildman–Crippen LogP) is 2.90. The number of aliphatic carboxylic acids is 1. The Bertz CT molecular complexity index is 666. The molecule has 1 aliphatic rings. The number of carboxylic acid groups (broad SMARTS) is 1. The van der Waals surface area contributed by atoms with Crippen molar-refractivity contribution in [2.45, 2.75) is 91.9 Å². The number of hydrogen-bond donors (Lipinski definition) is 2. The highest BCUT2D eigenvalue weighted by molar-refractivity contribution is 5.91. The molecule has 2 unspecified atom stereocenters. The molecular weight excluding hydrogens is 382 g/mol. The third-order valence-corrected chi connectivity index (χ3v) is 6.22. The molecule has 0 radical (unpaired) electrons. The first-order valence-electron chi connectivity index (χ1n) is 10.9. The molecule has 4 atom stereocenters. The molecular formula is C23H41N3O4. The summed E-state index contributed by atoms with van der Waals surface area (Å²) in [5, 5.41) is 12.3. The average molecular weight is 424 g/mol. The number of rotatable bonds is 7. The molecule has 0 aromatic rings. The molecule has 1 fully saturated rings. The van der Waals surface area contributed by atoms with Gasteiger partial charge in [0, 0.05) is 18.7 Å². The van der Waals surface area contributed by atoms with Crippen LogP contribution in [0.15, 0.2) is 11.6 Å². The zero-order valence-corrected chi connectivity index (χ0v) is 20.2. The van der Waals surface area contributed by atoms with Crippen molar-refractivity contribution < 1.29 is 19.5 Å². The maximum absolute atomic E-state index is 13.5. The monoisotopic (exact) mass is 423 g/mol. The summed E-state index contributed by atoms with van der Waals surface area (Å²) in [7, 11) is 3.64. The largest absolute Gasteiger partial charge is 0.478 e. The fraction of sp³-hybridized carbons (Fsp3) is 0.783. The quantitative estimate of drug-likeness (QED) is 0.615. The molecule has 0 aromatic carbocycles. The van der Waals surface area contributed by atoms with E-state index < -0.39 is 17.4 Å². The maximum Gasteiger partial charge on any atom is 0.331 e. The molecule has 1 heterocycles. The summed E-state index contributed by atoms with van der Waals surface area (Å²) in [5.41, 5.74) is -0.296. The molecule has 1 rings (SSSR count). The van der Waals surface area contributed by atoms with Crippen LogP contribution in [0.5, 0.6) is 0 Å². The molecule has 0 aliphatic carbocycles. The van der Waals surface area contributed by atoms with E-state index in [1.807, 2.05) is 41.7 Å². The Morgan fingerprint density at radius 2 is 1.77 bits per heavy atom. The van der Waals surface area contributed by atoms with Gasteiger partial charge in [-0.2, -0.15) is 0 Å². The summed E-state index contributed by atoms with van der Waals surface area (Å²) in [6.45, 7) is 13.3. The number of likely N-dealkylation sites (N-methyl/N-ethyl adjacent to an activating group) is 2. The fourth-order valence-corrected chi connectivity index (χ4v) is 3.95. The first-order chi connectivity index (χ1) is 13.7. The number of carboxylic acids is 1. The standard InChI is InChI=1S/C23H41N3O4/c1-14(2)18(13-15(3)22(29)30)26(9)21(28)19(23(5,6)7)24-20(27)17-12-10-11-16(4)25(17)8/h13-14,16-19H,10-12H2,1-9H3,(H,24,27)(H,29,30)/b15-13+/t16?,17?,18-,19-/m1/s1. The zero-order chi connectivity index (χ0) is 23.4. The smallest absolute Gasteiger partial charge is 0.331 e. The molecule has 1 saturated heterocycles. The number of likely N-dealkylation sites (tertiary alicyclic amines) is 1. The van der Waals surface area contributed by atoms with Gasteiger partial charge in [-0.25, -0.2) is 4.79 Å². The summed E-state index contributed by atoms with van der Waals surface area (Å²) < 4.78 is 0. The number of piperidine rings is 1. The Morgan fingerprint density at radius 3 is 2.23 bits per heavy atom. The van der Waals surface area contributed by atoms with E-state index in [-0.39, 0.29) is 35.4 Å². The Morgan fingerprint density at radius 1 is 1.20 bits per heavy atom. The van der Waals surface area contributed by atoms with Gasteiger partial charge in [-0.1, -0.05) is 40.7 Å². The molecule has 30 heavy (non-hydrogen) atoms. The highest BCUT2D eigenvalue weighted by Gasteiger charge is 2.39. The molecule has 0 spiro atoms. The van der Waals surface area contributed by atoms with Gasteiger partial charge in [-0.15, -0.1) is 0 Å². The highest BCUT2D eigenvalue weighted by Crippen LogP contribution is 2.26. The van der Waals surface area contributed by atoms with Crippen LogP contribution in [0.3, 0.4) is 0 Å². The van der Waals surface area contributed by atoms with Gasteiger partial charge in [0.2, 0.25) is 11.8 Å². The second-order valence-corrected chi connectivity index (χ2v) is 10.1. The number of nitrogens with one attached hydrogen (secondary N) is 1. The Balaban J connectivity index is 3.12. The van der Waals surface area contributed by atoms with E-state index in [4.69, 9.17) is 0 Å². The van der Waals surface area contributed by atoms with Crippen molar-refractivity contribution in [3.63, 3.8) is 0 Å². The van der Waals surface area contributed by atoms with Crippen molar-refractivity contribution in [3.8, 4) is 0 Å². The second kappa shape index (κ2) is 10.4. The van der Waals surface area contributed by atoms with E-state index in [0.29, 0.717) is 6.04 Å². The van der Waals surface area contributed by atoms with E-state index in [9.17, 15) is 19.5 Å². The summed E-state index contributed by atoms with van der Waals surface area (Å²) >= 11 is 0. The van der Waals surface area contributed by atoms with Gasteiger partial charge < -0.3 is 15.3 Å². The van der Waals surface area contributed by atoms with E-state index in [1.165, 1.54) is 6.92 Å². The lowest BCUT2D eigenvalue weighted by Crippen LogP contribution is -2.60. The number of hydrogen-bond acceptors (Lipinski definition) is 4. The van der Waals surface area contributed by atoms with Crippen LogP contribution in [0.25, 0.3) is 0 Å². The zero-order valence-electron chi connectivity index (χ0n) is 20.2. The first-order valence-corrected chi connectivity index (χ1v) is 10.9. The van der Waals surface area contributed by atoms with E-state index >= 15 is 0 Å². The van der Waals surface area contributed by atoms with Gasteiger partial charge in [0.1, 0.15) is 6.04 Å². The molecule has 0 aromatic heterocycles. The molecule has 7 heteroatoms. The van der Waals surface area contributed by atoms with Crippen molar-refractivity contribution in [1.29, 1.82) is 0 Å². The van der Waals surface area contributed by atoms with Crippen LogP contribution < -0.4 is 5.32 Å². The molecule has 7 nitrogen and oxygen atoms in total. The van der Waals surface area contributed by atoms with Crippen LogP contribution >= 0.6 is 0 Å². The van der Waals surface area contributed by atoms with Crippen LogP contribution in [0.4, 0.5) is 0 Å². The van der Waals surface area contributed by atoms with Crippen molar-refractivity contribution in [2.75, 3.05) is 14.1 Å². The second-order valence-electron chi connectivity index (χ2n) is 10.1. The molecule has 172 valence electrons. The number of nitrogens with zero attached hydrogens (tertiary/aromatic N) is 2. The van der Waals surface area contributed by atoms with Crippen LogP contribution in [0.2, 0.25) is 0 Å². The Labute approximate surface area is 181 Å². The lowest BCUT2D eigenvalue weighted by Gasteiger charge is -2.40. The molecule has 2 N–H and O–H groups in total. The maximum atomic E-state index is 13.5. The third kappa shape index (κ3) is 6.56. The van der Waals surface area contributed by atoms with Gasteiger partial charge in [0.25, 0.3) is 0 Å². The van der Waals surface area contributed by atoms with Crippen molar-refractivity contribution >= 4 is 17.8 Å². The summed E-state index contributed by atoms with van der Waals surface area (Å²) in [6, 6.07) is -1.00. The predicted molar refractivity (Wildman–Crippen MR) is 119 cm³/mol. The van der Waals surface area contributed by atoms with Gasteiger partial charge in [0.15, 0.2) is 0 Å². The average Bonchev–Trinajstić information content (AvgIpc) is 2.63. The highest BCUT2D eigenvalue weighted by atomic mass is 16.4. The Hall–Kier alpha value is -1.89. The number of carbonyl (C=O) groups is 3. The van der Waals surface area contributed by atoms with E-state index in [1.54, 1.807) is 18.0 Å². The molecule has 0 bridgehead atoms. The number of amides is 2. The topological polar surface area (TPSA) is 90.0 Å². The third-order valence-electron chi connectivity index (χ3n) is 6.22. The van der Waals surface area contributed by atoms with E-state index in [2.05, 4.69) is 17.1 Å². The molecule has 2 amide bonds. The van der Waals surface area contributed by atoms with Crippen LogP contribution in [0, 0.1) is 11.3 Å². The minimum absolute atomic E-state index is 0.0231. The fourth-order valence-electron chi connectivity index (χ4n) is 3.95. The van der Waals surface area contributed by atoms with Crippen molar-refractivity contribution in [2.24, 2.45) is 11.3 Å². The molecule has 1 aliphatic heterocycles. The van der Waals surface area contributed by atoms with Crippen molar-refractivity contribution in [1.82, 2.24) is 15.1 Å². The minimum Gasteiger partial charge on any atom is -0.478 e. The summed E-state index contributed by atoms with van der Waals surface area (Å²) in [5.74, 6) is -1.31. The summed E-state index contributed by atoms with van der Waals surface area (Å²) in [6.07, 6.45) is 4.45.